The van der Waals surface area contributed by atoms with Crippen LogP contribution in [0, 0.1) is 0 Å². The maximum atomic E-state index is 13.0. The van der Waals surface area contributed by atoms with E-state index in [1.165, 1.54) is 46.8 Å². The summed E-state index contributed by atoms with van der Waals surface area (Å²) >= 11 is 5.99. The van der Waals surface area contributed by atoms with Gasteiger partial charge in [0.15, 0.2) is 6.61 Å². The Morgan fingerprint density at radius 1 is 1.13 bits per heavy atom. The normalized spacial score (nSPS) is 14.8. The minimum Gasteiger partial charge on any atom is -0.482 e. The molecule has 9 nitrogen and oxygen atoms in total. The Balaban J connectivity index is 1.70. The smallest absolute Gasteiger partial charge is 0.262 e. The number of anilines is 1. The van der Waals surface area contributed by atoms with E-state index in [0.717, 1.165) is 0 Å². The van der Waals surface area contributed by atoms with Crippen molar-refractivity contribution in [1.29, 1.82) is 0 Å². The zero-order chi connectivity index (χ0) is 21.7. The van der Waals surface area contributed by atoms with Crippen LogP contribution in [0.3, 0.4) is 0 Å². The molecule has 2 aromatic rings. The van der Waals surface area contributed by atoms with Crippen LogP contribution in [0.4, 0.5) is 5.69 Å². The number of morpholine rings is 1. The number of hydrogen-bond donors (Lipinski definition) is 2. The molecule has 3 rings (SSSR count). The van der Waals surface area contributed by atoms with Crippen LogP contribution in [0.25, 0.3) is 0 Å². The summed E-state index contributed by atoms with van der Waals surface area (Å²) in [5.74, 6) is -1.07. The van der Waals surface area contributed by atoms with E-state index in [4.69, 9.17) is 26.8 Å². The van der Waals surface area contributed by atoms with Gasteiger partial charge in [0.05, 0.1) is 13.2 Å². The van der Waals surface area contributed by atoms with Crippen LogP contribution in [0.5, 0.6) is 5.75 Å². The number of carbonyl (C=O) groups is 2. The maximum Gasteiger partial charge on any atom is 0.262 e. The number of benzene rings is 2. The topological polar surface area (TPSA) is 128 Å². The number of amides is 2. The fourth-order valence-corrected chi connectivity index (χ4v) is 4.59. The molecule has 0 saturated carbocycles. The molecule has 0 radical (unpaired) electrons. The van der Waals surface area contributed by atoms with Gasteiger partial charge in [-0.2, -0.15) is 4.31 Å². The quantitative estimate of drug-likeness (QED) is 0.653. The third kappa shape index (κ3) is 5.28. The number of ether oxygens (including phenoxy) is 2. The summed E-state index contributed by atoms with van der Waals surface area (Å²) < 4.78 is 37.9. The first kappa shape index (κ1) is 22.0. The number of hydrogen-bond acceptors (Lipinski definition) is 6. The van der Waals surface area contributed by atoms with Gasteiger partial charge in [-0.1, -0.05) is 11.6 Å². The second kappa shape index (κ2) is 9.43. The highest BCUT2D eigenvalue weighted by molar-refractivity contribution is 7.89. The van der Waals surface area contributed by atoms with E-state index >= 15 is 0 Å². The zero-order valence-electron chi connectivity index (χ0n) is 15.8. The van der Waals surface area contributed by atoms with Crippen molar-refractivity contribution in [1.82, 2.24) is 4.31 Å². The molecule has 1 fully saturated rings. The minimum atomic E-state index is -3.87. The molecule has 1 heterocycles. The number of carbonyl (C=O) groups excluding carboxylic acids is 2. The average molecular weight is 454 g/mol. The second-order valence-electron chi connectivity index (χ2n) is 6.39. The van der Waals surface area contributed by atoms with Gasteiger partial charge < -0.3 is 20.5 Å². The molecule has 1 aliphatic heterocycles. The van der Waals surface area contributed by atoms with E-state index in [1.807, 2.05) is 0 Å². The zero-order valence-corrected chi connectivity index (χ0v) is 17.4. The lowest BCUT2D eigenvalue weighted by Gasteiger charge is -2.26. The lowest BCUT2D eigenvalue weighted by atomic mass is 10.2. The largest absolute Gasteiger partial charge is 0.482 e. The van der Waals surface area contributed by atoms with Gasteiger partial charge in [0.1, 0.15) is 10.6 Å². The summed E-state index contributed by atoms with van der Waals surface area (Å²) in [7, 11) is -3.87. The summed E-state index contributed by atoms with van der Waals surface area (Å²) in [6.45, 7) is 0.608. The molecule has 0 atom stereocenters. The minimum absolute atomic E-state index is 0.0186. The van der Waals surface area contributed by atoms with Gasteiger partial charge in [0.25, 0.3) is 5.91 Å². The van der Waals surface area contributed by atoms with Gasteiger partial charge in [0, 0.05) is 29.4 Å². The van der Waals surface area contributed by atoms with Crippen molar-refractivity contribution < 1.29 is 27.5 Å². The first-order valence-electron chi connectivity index (χ1n) is 8.97. The molecular formula is C19H20ClN3O6S. The maximum absolute atomic E-state index is 13.0. The molecule has 0 aliphatic carbocycles. The molecule has 2 aromatic carbocycles. The molecular weight excluding hydrogens is 434 g/mol. The Morgan fingerprint density at radius 3 is 2.43 bits per heavy atom. The van der Waals surface area contributed by atoms with Crippen LogP contribution < -0.4 is 15.8 Å². The van der Waals surface area contributed by atoms with E-state index < -0.39 is 28.4 Å². The molecule has 0 spiro atoms. The first-order valence-corrected chi connectivity index (χ1v) is 10.8. The van der Waals surface area contributed by atoms with E-state index in [0.29, 0.717) is 24.5 Å². The highest BCUT2D eigenvalue weighted by atomic mass is 35.5. The van der Waals surface area contributed by atoms with Crippen molar-refractivity contribution in [2.45, 2.75) is 4.90 Å². The summed E-state index contributed by atoms with van der Waals surface area (Å²) in [4.78, 5) is 23.2. The number of nitrogens with one attached hydrogen (secondary N) is 1. The number of nitrogens with zero attached hydrogens (tertiary/aromatic N) is 1. The lowest BCUT2D eigenvalue weighted by Crippen LogP contribution is -2.40. The van der Waals surface area contributed by atoms with Crippen LogP contribution in [0.2, 0.25) is 5.02 Å². The molecule has 30 heavy (non-hydrogen) atoms. The Morgan fingerprint density at radius 2 is 1.80 bits per heavy atom. The van der Waals surface area contributed by atoms with Gasteiger partial charge in [-0.3, -0.25) is 9.59 Å². The van der Waals surface area contributed by atoms with Gasteiger partial charge in [-0.15, -0.1) is 0 Å². The van der Waals surface area contributed by atoms with Crippen molar-refractivity contribution in [3.63, 3.8) is 0 Å². The molecule has 0 bridgehead atoms. The summed E-state index contributed by atoms with van der Waals surface area (Å²) in [5.41, 5.74) is 5.92. The Hall–Kier alpha value is -2.66. The molecule has 3 N–H and O–H groups in total. The molecule has 2 amide bonds. The standard InChI is InChI=1S/C19H20ClN3O6S/c20-14-3-6-16(17(11-14)30(26,27)23-7-9-28-10-8-23)29-12-18(24)22-15-4-1-13(2-5-15)19(21)25/h1-6,11H,7-10,12H2,(H2,21,25)(H,22,24). The van der Waals surface area contributed by atoms with Gasteiger partial charge in [0.2, 0.25) is 15.9 Å². The van der Waals surface area contributed by atoms with Crippen LogP contribution in [-0.2, 0) is 19.6 Å². The van der Waals surface area contributed by atoms with Gasteiger partial charge in [-0.05, 0) is 42.5 Å². The fourth-order valence-electron chi connectivity index (χ4n) is 2.79. The molecule has 11 heteroatoms. The average Bonchev–Trinajstić information content (AvgIpc) is 2.74. The van der Waals surface area contributed by atoms with E-state index in [2.05, 4.69) is 5.32 Å². The second-order valence-corrected chi connectivity index (χ2v) is 8.73. The third-order valence-electron chi connectivity index (χ3n) is 4.31. The van der Waals surface area contributed by atoms with Crippen LogP contribution in [-0.4, -0.2) is 57.4 Å². The highest BCUT2D eigenvalue weighted by Crippen LogP contribution is 2.30. The van der Waals surface area contributed by atoms with Crippen molar-refractivity contribution in [3.05, 3.63) is 53.1 Å². The molecule has 1 aliphatic rings. The SMILES string of the molecule is NC(=O)c1ccc(NC(=O)COc2ccc(Cl)cc2S(=O)(=O)N2CCOCC2)cc1. The molecule has 160 valence electrons. The van der Waals surface area contributed by atoms with Crippen molar-refractivity contribution in [2.75, 3.05) is 38.2 Å². The van der Waals surface area contributed by atoms with Gasteiger partial charge in [-0.25, -0.2) is 8.42 Å². The predicted octanol–water partition coefficient (Wildman–Crippen LogP) is 1.48. The monoisotopic (exact) mass is 453 g/mol. The van der Waals surface area contributed by atoms with E-state index in [1.54, 1.807) is 0 Å². The summed E-state index contributed by atoms with van der Waals surface area (Å²) in [6, 6.07) is 10.2. The predicted molar refractivity (Wildman–Crippen MR) is 110 cm³/mol. The number of rotatable bonds is 7. The Kier molecular flexibility index (Phi) is 6.93. The summed E-state index contributed by atoms with van der Waals surface area (Å²) in [5, 5.41) is 2.82. The van der Waals surface area contributed by atoms with Gasteiger partial charge >= 0.3 is 0 Å². The Bertz CT molecular complexity index is 1040. The number of halogens is 1. The lowest BCUT2D eigenvalue weighted by molar-refractivity contribution is -0.118. The highest BCUT2D eigenvalue weighted by Gasteiger charge is 2.29. The fraction of sp³-hybridized carbons (Fsp3) is 0.263. The van der Waals surface area contributed by atoms with Crippen LogP contribution in [0.1, 0.15) is 10.4 Å². The van der Waals surface area contributed by atoms with Crippen molar-refractivity contribution >= 4 is 39.1 Å². The molecule has 0 aromatic heterocycles. The number of primary amides is 1. The van der Waals surface area contributed by atoms with E-state index in [9.17, 15) is 18.0 Å². The van der Waals surface area contributed by atoms with Crippen LogP contribution >= 0.6 is 11.6 Å². The van der Waals surface area contributed by atoms with Crippen molar-refractivity contribution in [3.8, 4) is 5.75 Å². The molecule has 0 unspecified atom stereocenters. The number of nitrogens with two attached hydrogens (primary N) is 1. The van der Waals surface area contributed by atoms with E-state index in [-0.39, 0.29) is 28.8 Å². The summed E-state index contributed by atoms with van der Waals surface area (Å²) in [6.07, 6.45) is 0. The molecule has 1 saturated heterocycles. The van der Waals surface area contributed by atoms with Crippen molar-refractivity contribution in [2.24, 2.45) is 5.73 Å². The third-order valence-corrected chi connectivity index (χ3v) is 6.46. The Labute approximate surface area is 178 Å². The van der Waals surface area contributed by atoms with Crippen LogP contribution in [0.15, 0.2) is 47.4 Å². The number of sulfonamides is 1. The first-order chi connectivity index (χ1) is 14.3.